The highest BCUT2D eigenvalue weighted by Crippen LogP contribution is 2.27. The second-order valence-corrected chi connectivity index (χ2v) is 7.78. The average molecular weight is 433 g/mol. The fourth-order valence-corrected chi connectivity index (χ4v) is 4.12. The number of benzene rings is 2. The first-order valence-electron chi connectivity index (χ1n) is 10.2. The molecule has 7 heteroatoms. The maximum Gasteiger partial charge on any atom is 0.272 e. The number of hydrogen-bond acceptors (Lipinski definition) is 4. The van der Waals surface area contributed by atoms with Gasteiger partial charge in [0.25, 0.3) is 5.91 Å². The highest BCUT2D eigenvalue weighted by molar-refractivity contribution is 6.33. The normalized spacial score (nSPS) is 14.1. The molecule has 1 fully saturated rings. The summed E-state index contributed by atoms with van der Waals surface area (Å²) in [6.45, 7) is 2.67. The van der Waals surface area contributed by atoms with Crippen molar-refractivity contribution in [1.29, 1.82) is 0 Å². The minimum Gasteiger partial charge on any atom is -0.463 e. The van der Waals surface area contributed by atoms with E-state index in [9.17, 15) is 4.79 Å². The maximum absolute atomic E-state index is 13.5. The number of nitrogens with zero attached hydrogens (tertiary/aromatic N) is 4. The monoisotopic (exact) mass is 432 g/mol. The van der Waals surface area contributed by atoms with E-state index in [0.29, 0.717) is 30.2 Å². The van der Waals surface area contributed by atoms with Gasteiger partial charge in [-0.1, -0.05) is 41.9 Å². The minimum absolute atomic E-state index is 0.0482. The summed E-state index contributed by atoms with van der Waals surface area (Å²) >= 11 is 6.35. The molecule has 0 spiro atoms. The van der Waals surface area contributed by atoms with Crippen molar-refractivity contribution in [3.8, 4) is 17.1 Å². The zero-order valence-corrected chi connectivity index (χ0v) is 17.6. The Labute approximate surface area is 185 Å². The van der Waals surface area contributed by atoms with Crippen LogP contribution in [0.5, 0.6) is 0 Å². The van der Waals surface area contributed by atoms with Crippen LogP contribution in [0, 0.1) is 0 Å². The van der Waals surface area contributed by atoms with Gasteiger partial charge < -0.3 is 14.2 Å². The largest absolute Gasteiger partial charge is 0.463 e. The molecule has 3 heterocycles. The van der Waals surface area contributed by atoms with Gasteiger partial charge in [0, 0.05) is 32.2 Å². The van der Waals surface area contributed by atoms with Crippen molar-refractivity contribution < 1.29 is 9.21 Å². The van der Waals surface area contributed by atoms with Crippen LogP contribution in [0.3, 0.4) is 0 Å². The molecule has 6 nitrogen and oxygen atoms in total. The Hall–Kier alpha value is -3.51. The smallest absolute Gasteiger partial charge is 0.272 e. The third-order valence-corrected chi connectivity index (χ3v) is 5.78. The predicted molar refractivity (Wildman–Crippen MR) is 121 cm³/mol. The molecule has 4 aromatic rings. The number of para-hydroxylation sites is 2. The van der Waals surface area contributed by atoms with Gasteiger partial charge in [-0.3, -0.25) is 4.79 Å². The van der Waals surface area contributed by atoms with Gasteiger partial charge in [-0.15, -0.1) is 0 Å². The summed E-state index contributed by atoms with van der Waals surface area (Å²) in [6.07, 6.45) is 1.60. The van der Waals surface area contributed by atoms with Gasteiger partial charge in [0.2, 0.25) is 0 Å². The zero-order chi connectivity index (χ0) is 21.2. The molecule has 2 aromatic carbocycles. The third-order valence-electron chi connectivity index (χ3n) is 5.46. The second-order valence-electron chi connectivity index (χ2n) is 7.37. The van der Waals surface area contributed by atoms with Crippen LogP contribution in [0.4, 0.5) is 5.69 Å². The average Bonchev–Trinajstić information content (AvgIpc) is 3.50. The van der Waals surface area contributed by atoms with Crippen molar-refractivity contribution in [2.24, 2.45) is 0 Å². The summed E-state index contributed by atoms with van der Waals surface area (Å²) in [5.41, 5.74) is 2.99. The van der Waals surface area contributed by atoms with Crippen LogP contribution in [0.2, 0.25) is 5.02 Å². The van der Waals surface area contributed by atoms with Crippen molar-refractivity contribution >= 4 is 23.2 Å². The Morgan fingerprint density at radius 1 is 0.903 bits per heavy atom. The Kier molecular flexibility index (Phi) is 5.22. The molecule has 1 aliphatic heterocycles. The second kappa shape index (κ2) is 8.32. The van der Waals surface area contributed by atoms with Crippen LogP contribution in [-0.4, -0.2) is 46.8 Å². The fraction of sp³-hybridized carbons (Fsp3) is 0.167. The van der Waals surface area contributed by atoms with E-state index in [1.807, 2.05) is 71.6 Å². The lowest BCUT2D eigenvalue weighted by molar-refractivity contribution is 0.0737. The summed E-state index contributed by atoms with van der Waals surface area (Å²) in [5, 5.41) is 5.39. The third kappa shape index (κ3) is 3.82. The first kappa shape index (κ1) is 19.5. The molecule has 0 atom stereocenters. The highest BCUT2D eigenvalue weighted by atomic mass is 35.5. The maximum atomic E-state index is 13.5. The Balaban J connectivity index is 1.41. The van der Waals surface area contributed by atoms with Crippen molar-refractivity contribution in [1.82, 2.24) is 14.7 Å². The van der Waals surface area contributed by atoms with E-state index >= 15 is 0 Å². The molecule has 0 unspecified atom stereocenters. The topological polar surface area (TPSA) is 54.5 Å². The van der Waals surface area contributed by atoms with Crippen LogP contribution in [0.1, 0.15) is 10.5 Å². The van der Waals surface area contributed by atoms with Crippen LogP contribution in [0.15, 0.2) is 83.5 Å². The number of piperazine rings is 1. The zero-order valence-electron chi connectivity index (χ0n) is 16.8. The van der Waals surface area contributed by atoms with Crippen molar-refractivity contribution in [3.05, 3.63) is 89.8 Å². The summed E-state index contributed by atoms with van der Waals surface area (Å²) in [6, 6.07) is 22.9. The standard InChI is InChI=1S/C24H21ClN4O2/c25-19-9-4-5-10-21(19)27-12-14-28(15-13-27)24(30)22-17-20(23-11-6-16-31-23)26-29(22)18-7-2-1-3-8-18/h1-11,16-17H,12-15H2. The summed E-state index contributed by atoms with van der Waals surface area (Å²) in [4.78, 5) is 17.6. The van der Waals surface area contributed by atoms with Crippen molar-refractivity contribution in [2.75, 3.05) is 31.1 Å². The summed E-state index contributed by atoms with van der Waals surface area (Å²) in [5.74, 6) is 0.584. The Morgan fingerprint density at radius 2 is 1.65 bits per heavy atom. The van der Waals surface area contributed by atoms with Gasteiger partial charge in [-0.2, -0.15) is 5.10 Å². The SMILES string of the molecule is O=C(c1cc(-c2ccco2)nn1-c1ccccc1)N1CCN(c2ccccc2Cl)CC1. The molecular formula is C24H21ClN4O2. The predicted octanol–water partition coefficient (Wildman–Crippen LogP) is 4.75. The van der Waals surface area contributed by atoms with Gasteiger partial charge in [-0.05, 0) is 36.4 Å². The van der Waals surface area contributed by atoms with Crippen LogP contribution < -0.4 is 4.90 Å². The fourth-order valence-electron chi connectivity index (χ4n) is 3.86. The number of anilines is 1. The number of rotatable bonds is 4. The van der Waals surface area contributed by atoms with Gasteiger partial charge >= 0.3 is 0 Å². The number of aromatic nitrogens is 2. The molecule has 156 valence electrons. The van der Waals surface area contributed by atoms with Gasteiger partial charge in [0.05, 0.1) is 22.7 Å². The summed E-state index contributed by atoms with van der Waals surface area (Å²) in [7, 11) is 0. The van der Waals surface area contributed by atoms with Gasteiger partial charge in [0.15, 0.2) is 5.76 Å². The van der Waals surface area contributed by atoms with Gasteiger partial charge in [0.1, 0.15) is 11.4 Å². The molecule has 5 rings (SSSR count). The number of amides is 1. The van der Waals surface area contributed by atoms with E-state index in [0.717, 1.165) is 29.5 Å². The van der Waals surface area contributed by atoms with Crippen molar-refractivity contribution in [3.63, 3.8) is 0 Å². The molecule has 31 heavy (non-hydrogen) atoms. The van der Waals surface area contributed by atoms with Crippen LogP contribution in [-0.2, 0) is 0 Å². The molecule has 0 saturated carbocycles. The van der Waals surface area contributed by atoms with E-state index in [-0.39, 0.29) is 5.91 Å². The lowest BCUT2D eigenvalue weighted by atomic mass is 10.2. The minimum atomic E-state index is -0.0482. The molecule has 0 aliphatic carbocycles. The molecular weight excluding hydrogens is 412 g/mol. The molecule has 0 bridgehead atoms. The highest BCUT2D eigenvalue weighted by Gasteiger charge is 2.27. The quantitative estimate of drug-likeness (QED) is 0.467. The Morgan fingerprint density at radius 3 is 2.35 bits per heavy atom. The number of carbonyl (C=O) groups excluding carboxylic acids is 1. The van der Waals surface area contributed by atoms with E-state index in [4.69, 9.17) is 16.0 Å². The molecule has 1 saturated heterocycles. The lowest BCUT2D eigenvalue weighted by Crippen LogP contribution is -2.49. The number of hydrogen-bond donors (Lipinski definition) is 0. The van der Waals surface area contributed by atoms with Crippen molar-refractivity contribution in [2.45, 2.75) is 0 Å². The lowest BCUT2D eigenvalue weighted by Gasteiger charge is -2.36. The first-order valence-corrected chi connectivity index (χ1v) is 10.6. The molecule has 0 N–H and O–H groups in total. The Bertz CT molecular complexity index is 1180. The van der Waals surface area contributed by atoms with Crippen LogP contribution in [0.25, 0.3) is 17.1 Å². The molecule has 2 aromatic heterocycles. The summed E-state index contributed by atoms with van der Waals surface area (Å²) < 4.78 is 7.20. The molecule has 1 amide bonds. The number of halogens is 1. The van der Waals surface area contributed by atoms with E-state index in [2.05, 4.69) is 10.00 Å². The van der Waals surface area contributed by atoms with Gasteiger partial charge in [-0.25, -0.2) is 4.68 Å². The number of carbonyl (C=O) groups is 1. The number of furan rings is 1. The first-order chi connectivity index (χ1) is 15.2. The van der Waals surface area contributed by atoms with E-state index in [1.165, 1.54) is 0 Å². The molecule has 0 radical (unpaired) electrons. The van der Waals surface area contributed by atoms with E-state index in [1.54, 1.807) is 17.0 Å². The molecule has 1 aliphatic rings. The van der Waals surface area contributed by atoms with E-state index < -0.39 is 0 Å². The van der Waals surface area contributed by atoms with Crippen LogP contribution >= 0.6 is 11.6 Å².